The van der Waals surface area contributed by atoms with Crippen LogP contribution in [0.2, 0.25) is 0 Å². The third-order valence-electron chi connectivity index (χ3n) is 10.5. The molecule has 0 heterocycles. The van der Waals surface area contributed by atoms with Crippen LogP contribution in [0.15, 0.2) is 93.8 Å². The fourth-order valence-electron chi connectivity index (χ4n) is 7.45. The van der Waals surface area contributed by atoms with Crippen molar-refractivity contribution in [2.24, 2.45) is 11.3 Å². The molecule has 0 N–H and O–H groups in total. The summed E-state index contributed by atoms with van der Waals surface area (Å²) < 4.78 is 87.8. The standard InChI is InChI=1S/C17H17.C15H8F6.C11H17.Zr/c1-10-5-14-9-15-6-11(2)13(4)8-17(15)16(14)7-12(10)3;16-14(17,18)12-5-1-3-10(8-12)7-11-4-2-6-13(9-11)15(19,20)21;1-5-9-6-7-10(8-9)11(2,3)4;/h5-9H,1-4H3;1-6,8-9H;7-9H,5H2,1-4H3;. The van der Waals surface area contributed by atoms with E-state index in [1.807, 2.05) is 0 Å². The van der Waals surface area contributed by atoms with Gasteiger partial charge in [0.15, 0.2) is 0 Å². The van der Waals surface area contributed by atoms with Crippen LogP contribution in [0.25, 0.3) is 11.1 Å². The van der Waals surface area contributed by atoms with Gasteiger partial charge in [-0.3, -0.25) is 0 Å². The molecule has 0 aromatic heterocycles. The normalized spacial score (nSPS) is 16.2. The number of alkyl halides is 6. The maximum atomic E-state index is 14.4. The van der Waals surface area contributed by atoms with Gasteiger partial charge < -0.3 is 0 Å². The van der Waals surface area contributed by atoms with Crippen molar-refractivity contribution in [2.75, 3.05) is 0 Å². The number of allylic oxidation sites excluding steroid dienone is 4. The van der Waals surface area contributed by atoms with Crippen molar-refractivity contribution < 1.29 is 47.6 Å². The van der Waals surface area contributed by atoms with Crippen molar-refractivity contribution in [3.05, 3.63) is 149 Å². The summed E-state index contributed by atoms with van der Waals surface area (Å²) in [5.41, 5.74) is 8.99. The van der Waals surface area contributed by atoms with E-state index in [9.17, 15) is 26.3 Å². The summed E-state index contributed by atoms with van der Waals surface area (Å²) in [6, 6.07) is 19.4. The molecule has 0 spiro atoms. The molecular formula is C43H42F6Zr. The molecule has 2 aliphatic carbocycles. The van der Waals surface area contributed by atoms with Crippen LogP contribution in [0.1, 0.15) is 93.4 Å². The Kier molecular flexibility index (Phi) is 9.51. The first-order valence-corrected chi connectivity index (χ1v) is 20.9. The molecule has 260 valence electrons. The SMILES string of the molecule is CCC1C=C(C(C)(C)C)C=[C]1[Zr](=[C](c1cccc(C(F)(F)F)c1)c1cccc(C(F)(F)F)c1)[CH]1c2cc(C)c(C)cc2-c2cc(C)c(C)cc21. The van der Waals surface area contributed by atoms with Gasteiger partial charge in [-0.05, 0) is 0 Å². The fraction of sp³-hybridized carbons (Fsp3) is 0.326. The predicted molar refractivity (Wildman–Crippen MR) is 188 cm³/mol. The van der Waals surface area contributed by atoms with E-state index in [0.717, 1.165) is 80.8 Å². The molecule has 0 saturated carbocycles. The molecule has 0 radical (unpaired) electrons. The molecule has 4 aromatic rings. The van der Waals surface area contributed by atoms with Crippen molar-refractivity contribution in [1.29, 1.82) is 0 Å². The molecule has 1 atom stereocenters. The first-order valence-electron chi connectivity index (χ1n) is 17.1. The Balaban J connectivity index is 1.84. The molecule has 0 aliphatic heterocycles. The Hall–Kier alpha value is -3.31. The topological polar surface area (TPSA) is 0 Å². The van der Waals surface area contributed by atoms with Gasteiger partial charge in [0.1, 0.15) is 0 Å². The van der Waals surface area contributed by atoms with Gasteiger partial charge in [-0.2, -0.15) is 0 Å². The Morgan fingerprint density at radius 2 is 1.08 bits per heavy atom. The zero-order chi connectivity index (χ0) is 36.5. The summed E-state index contributed by atoms with van der Waals surface area (Å²) in [6.07, 6.45) is -3.89. The Labute approximate surface area is 299 Å². The minimum absolute atomic E-state index is 0.0239. The first-order chi connectivity index (χ1) is 23.3. The van der Waals surface area contributed by atoms with Crippen LogP contribution >= 0.6 is 0 Å². The molecular weight excluding hydrogens is 722 g/mol. The zero-order valence-electron chi connectivity index (χ0n) is 29.7. The second-order valence-corrected chi connectivity index (χ2v) is 21.0. The van der Waals surface area contributed by atoms with E-state index in [1.165, 1.54) is 15.4 Å². The summed E-state index contributed by atoms with van der Waals surface area (Å²) in [7, 11) is 0. The van der Waals surface area contributed by atoms with Gasteiger partial charge in [0.25, 0.3) is 0 Å². The quantitative estimate of drug-likeness (QED) is 0.178. The average Bonchev–Trinajstić information content (AvgIpc) is 3.59. The molecule has 0 bridgehead atoms. The van der Waals surface area contributed by atoms with E-state index < -0.39 is 44.7 Å². The summed E-state index contributed by atoms with van der Waals surface area (Å²) in [4.78, 5) is 0. The monoisotopic (exact) mass is 762 g/mol. The summed E-state index contributed by atoms with van der Waals surface area (Å²) >= 11 is -3.72. The number of fused-ring (bicyclic) bond motifs is 3. The summed E-state index contributed by atoms with van der Waals surface area (Å²) in [5.74, 6) is 0.0239. The zero-order valence-corrected chi connectivity index (χ0v) is 32.2. The maximum absolute atomic E-state index is 14.4. The second-order valence-electron chi connectivity index (χ2n) is 14.9. The molecule has 1 unspecified atom stereocenters. The van der Waals surface area contributed by atoms with Crippen LogP contribution < -0.4 is 0 Å². The van der Waals surface area contributed by atoms with Crippen LogP contribution in [-0.4, -0.2) is 3.21 Å². The first kappa shape index (κ1) is 36.5. The van der Waals surface area contributed by atoms with Crippen LogP contribution in [0.3, 0.4) is 0 Å². The van der Waals surface area contributed by atoms with E-state index in [4.69, 9.17) is 0 Å². The van der Waals surface area contributed by atoms with Crippen LogP contribution in [0.5, 0.6) is 0 Å². The van der Waals surface area contributed by atoms with E-state index >= 15 is 0 Å². The van der Waals surface area contributed by atoms with Gasteiger partial charge in [0.05, 0.1) is 0 Å². The molecule has 7 heteroatoms. The van der Waals surface area contributed by atoms with E-state index in [2.05, 4.69) is 91.8 Å². The van der Waals surface area contributed by atoms with Crippen molar-refractivity contribution >= 4 is 3.21 Å². The van der Waals surface area contributed by atoms with Crippen molar-refractivity contribution in [2.45, 2.75) is 77.8 Å². The van der Waals surface area contributed by atoms with Gasteiger partial charge in [0.2, 0.25) is 0 Å². The van der Waals surface area contributed by atoms with Crippen molar-refractivity contribution in [1.82, 2.24) is 0 Å². The van der Waals surface area contributed by atoms with Crippen molar-refractivity contribution in [3.8, 4) is 11.1 Å². The van der Waals surface area contributed by atoms with Crippen LogP contribution in [0, 0.1) is 39.0 Å². The summed E-state index contributed by atoms with van der Waals surface area (Å²) in [6.45, 7) is 16.9. The van der Waals surface area contributed by atoms with Gasteiger partial charge in [-0.15, -0.1) is 0 Å². The number of hydrogen-bond acceptors (Lipinski definition) is 0. The number of rotatable bonds is 5. The number of halogens is 6. The molecule has 6 rings (SSSR count). The van der Waals surface area contributed by atoms with Crippen LogP contribution in [-0.2, 0) is 33.6 Å². The molecule has 0 saturated heterocycles. The van der Waals surface area contributed by atoms with Gasteiger partial charge in [-0.1, -0.05) is 0 Å². The average molecular weight is 764 g/mol. The Morgan fingerprint density at radius 1 is 0.640 bits per heavy atom. The molecule has 2 aliphatic rings. The van der Waals surface area contributed by atoms with E-state index in [1.54, 1.807) is 12.1 Å². The fourth-order valence-corrected chi connectivity index (χ4v) is 17.1. The third-order valence-corrected chi connectivity index (χ3v) is 19.0. The molecule has 4 aromatic carbocycles. The van der Waals surface area contributed by atoms with Crippen molar-refractivity contribution in [3.63, 3.8) is 0 Å². The van der Waals surface area contributed by atoms with Gasteiger partial charge in [-0.25, -0.2) is 0 Å². The Morgan fingerprint density at radius 3 is 1.48 bits per heavy atom. The van der Waals surface area contributed by atoms with Gasteiger partial charge >= 0.3 is 301 Å². The molecule has 0 amide bonds. The number of benzene rings is 4. The van der Waals surface area contributed by atoms with E-state index in [-0.39, 0.29) is 15.0 Å². The number of aryl methyl sites for hydroxylation is 4. The van der Waals surface area contributed by atoms with Crippen LogP contribution in [0.4, 0.5) is 26.3 Å². The molecule has 0 nitrogen and oxygen atoms in total. The summed E-state index contributed by atoms with van der Waals surface area (Å²) in [5, 5.41) is 0. The van der Waals surface area contributed by atoms with E-state index in [0.29, 0.717) is 14.3 Å². The molecule has 0 fully saturated rings. The predicted octanol–water partition coefficient (Wildman–Crippen LogP) is 12.8. The third kappa shape index (κ3) is 6.72. The Bertz CT molecular complexity index is 1980. The second kappa shape index (κ2) is 13.0. The minimum atomic E-state index is -4.62. The molecule has 50 heavy (non-hydrogen) atoms. The van der Waals surface area contributed by atoms with Gasteiger partial charge in [0, 0.05) is 0 Å². The number of hydrogen-bond donors (Lipinski definition) is 0.